The highest BCUT2D eigenvalue weighted by atomic mass is 19.3. The minimum Gasteiger partial charge on any atom is -0.497 e. The summed E-state index contributed by atoms with van der Waals surface area (Å²) in [6.45, 7) is 0.280. The molecule has 7 nitrogen and oxygen atoms in total. The van der Waals surface area contributed by atoms with Crippen molar-refractivity contribution in [3.63, 3.8) is 0 Å². The number of hydrogen-bond acceptors (Lipinski definition) is 5. The van der Waals surface area contributed by atoms with Crippen molar-refractivity contribution in [1.29, 1.82) is 0 Å². The van der Waals surface area contributed by atoms with E-state index in [-0.39, 0.29) is 23.8 Å². The number of halogens is 2. The Balaban J connectivity index is 1.43. The number of piperazine rings is 1. The Morgan fingerprint density at radius 1 is 1.03 bits per heavy atom. The highest BCUT2D eigenvalue weighted by Gasteiger charge is 2.21. The molecule has 0 aromatic heterocycles. The van der Waals surface area contributed by atoms with Gasteiger partial charge in [0, 0.05) is 38.3 Å². The van der Waals surface area contributed by atoms with Crippen LogP contribution in [0, 0.1) is 0 Å². The number of hydrogen-bond donors (Lipinski definition) is 1. The number of nitrogens with zero attached hydrogens (tertiary/aromatic N) is 2. The van der Waals surface area contributed by atoms with Crippen molar-refractivity contribution < 1.29 is 27.8 Å². The largest absolute Gasteiger partial charge is 0.497 e. The van der Waals surface area contributed by atoms with Crippen LogP contribution in [-0.4, -0.2) is 68.1 Å². The third-order valence-electron chi connectivity index (χ3n) is 5.01. The molecular formula is C22H25F2N3O4. The molecule has 0 radical (unpaired) electrons. The van der Waals surface area contributed by atoms with E-state index in [1.165, 1.54) is 29.8 Å². The van der Waals surface area contributed by atoms with Crippen LogP contribution in [0.2, 0.25) is 0 Å². The van der Waals surface area contributed by atoms with E-state index in [0.717, 1.165) is 25.4 Å². The minimum atomic E-state index is -2.97. The van der Waals surface area contributed by atoms with Crippen LogP contribution in [-0.2, 0) is 11.3 Å². The summed E-state index contributed by atoms with van der Waals surface area (Å²) in [7, 11) is 1.63. The van der Waals surface area contributed by atoms with Crippen LogP contribution in [0.1, 0.15) is 15.9 Å². The Kier molecular flexibility index (Phi) is 7.77. The van der Waals surface area contributed by atoms with Crippen molar-refractivity contribution >= 4 is 11.8 Å². The molecule has 2 aromatic rings. The lowest BCUT2D eigenvalue weighted by atomic mass is 10.2. The van der Waals surface area contributed by atoms with Gasteiger partial charge in [0.2, 0.25) is 5.91 Å². The van der Waals surface area contributed by atoms with Crippen molar-refractivity contribution in [3.05, 3.63) is 59.7 Å². The van der Waals surface area contributed by atoms with Crippen LogP contribution < -0.4 is 14.8 Å². The standard InChI is InChI=1S/C22H25F2N3O4/c1-30-18-7-5-16(6-8-18)15-26-9-11-27(12-10-26)20(28)14-25-21(29)17-3-2-4-19(13-17)31-22(23)24/h2-8,13,22H,9-12,14-15H2,1H3,(H,25,29). The van der Waals surface area contributed by atoms with E-state index < -0.39 is 12.5 Å². The molecule has 0 spiro atoms. The summed E-state index contributed by atoms with van der Waals surface area (Å²) in [5, 5.41) is 2.54. The summed E-state index contributed by atoms with van der Waals surface area (Å²) in [5.41, 5.74) is 1.32. The molecule has 0 saturated carbocycles. The van der Waals surface area contributed by atoms with Gasteiger partial charge in [0.25, 0.3) is 5.91 Å². The second-order valence-corrected chi connectivity index (χ2v) is 7.09. The number of carbonyl (C=O) groups is 2. The summed E-state index contributed by atoms with van der Waals surface area (Å²) in [6, 6.07) is 13.3. The van der Waals surface area contributed by atoms with Crippen LogP contribution in [0.4, 0.5) is 8.78 Å². The number of alkyl halides is 2. The van der Waals surface area contributed by atoms with Gasteiger partial charge in [-0.3, -0.25) is 14.5 Å². The van der Waals surface area contributed by atoms with Gasteiger partial charge in [0.15, 0.2) is 0 Å². The first-order valence-electron chi connectivity index (χ1n) is 9.91. The van der Waals surface area contributed by atoms with Crippen molar-refractivity contribution in [1.82, 2.24) is 15.1 Å². The fourth-order valence-electron chi connectivity index (χ4n) is 3.33. The Morgan fingerprint density at radius 2 is 1.74 bits per heavy atom. The maximum atomic E-state index is 12.4. The predicted octanol–water partition coefficient (Wildman–Crippen LogP) is 2.37. The zero-order valence-corrected chi connectivity index (χ0v) is 17.2. The summed E-state index contributed by atoms with van der Waals surface area (Å²) >= 11 is 0. The maximum absolute atomic E-state index is 12.4. The first-order chi connectivity index (χ1) is 14.9. The third kappa shape index (κ3) is 6.65. The predicted molar refractivity (Wildman–Crippen MR) is 110 cm³/mol. The van der Waals surface area contributed by atoms with Gasteiger partial charge in [-0.1, -0.05) is 18.2 Å². The number of benzene rings is 2. The highest BCUT2D eigenvalue weighted by molar-refractivity contribution is 5.96. The number of amides is 2. The monoisotopic (exact) mass is 433 g/mol. The molecule has 0 atom stereocenters. The molecule has 2 aromatic carbocycles. The average molecular weight is 433 g/mol. The Hall–Kier alpha value is -3.20. The molecule has 1 N–H and O–H groups in total. The normalized spacial score (nSPS) is 14.4. The molecule has 166 valence electrons. The first kappa shape index (κ1) is 22.5. The fraction of sp³-hybridized carbons (Fsp3) is 0.364. The molecular weight excluding hydrogens is 408 g/mol. The van der Waals surface area contributed by atoms with E-state index in [0.29, 0.717) is 13.1 Å². The van der Waals surface area contributed by atoms with Crippen molar-refractivity contribution in [2.45, 2.75) is 13.2 Å². The Morgan fingerprint density at radius 3 is 2.39 bits per heavy atom. The second-order valence-electron chi connectivity index (χ2n) is 7.09. The summed E-state index contributed by atoms with van der Waals surface area (Å²) < 4.78 is 34.1. The molecule has 0 bridgehead atoms. The van der Waals surface area contributed by atoms with E-state index in [2.05, 4.69) is 15.0 Å². The van der Waals surface area contributed by atoms with Crippen LogP contribution in [0.5, 0.6) is 11.5 Å². The zero-order chi connectivity index (χ0) is 22.2. The molecule has 0 aliphatic carbocycles. The van der Waals surface area contributed by atoms with Crippen molar-refractivity contribution in [3.8, 4) is 11.5 Å². The molecule has 1 aliphatic heterocycles. The molecule has 1 fully saturated rings. The highest BCUT2D eigenvalue weighted by Crippen LogP contribution is 2.16. The Labute approximate surface area is 179 Å². The molecule has 1 aliphatic rings. The van der Waals surface area contributed by atoms with Gasteiger partial charge >= 0.3 is 6.61 Å². The lowest BCUT2D eigenvalue weighted by molar-refractivity contribution is -0.131. The second kappa shape index (κ2) is 10.7. The Bertz CT molecular complexity index is 885. The van der Waals surface area contributed by atoms with Gasteiger partial charge in [-0.25, -0.2) is 0 Å². The van der Waals surface area contributed by atoms with Gasteiger partial charge in [-0.2, -0.15) is 8.78 Å². The third-order valence-corrected chi connectivity index (χ3v) is 5.01. The van der Waals surface area contributed by atoms with Crippen LogP contribution in [0.3, 0.4) is 0 Å². The lowest BCUT2D eigenvalue weighted by Crippen LogP contribution is -2.50. The van der Waals surface area contributed by atoms with Crippen LogP contribution in [0.25, 0.3) is 0 Å². The van der Waals surface area contributed by atoms with E-state index >= 15 is 0 Å². The number of rotatable bonds is 8. The van der Waals surface area contributed by atoms with Gasteiger partial charge in [0.05, 0.1) is 13.7 Å². The summed E-state index contributed by atoms with van der Waals surface area (Å²) in [6.07, 6.45) is 0. The fourth-order valence-corrected chi connectivity index (χ4v) is 3.33. The van der Waals surface area contributed by atoms with E-state index in [1.54, 1.807) is 12.0 Å². The van der Waals surface area contributed by atoms with Gasteiger partial charge < -0.3 is 19.7 Å². The topological polar surface area (TPSA) is 71.1 Å². The summed E-state index contributed by atoms with van der Waals surface area (Å²) in [4.78, 5) is 28.6. The van der Waals surface area contributed by atoms with Gasteiger partial charge in [-0.15, -0.1) is 0 Å². The van der Waals surface area contributed by atoms with Crippen molar-refractivity contribution in [2.24, 2.45) is 0 Å². The maximum Gasteiger partial charge on any atom is 0.387 e. The van der Waals surface area contributed by atoms with E-state index in [9.17, 15) is 18.4 Å². The minimum absolute atomic E-state index is 0.109. The number of methoxy groups -OCH3 is 1. The van der Waals surface area contributed by atoms with Crippen molar-refractivity contribution in [2.75, 3.05) is 39.8 Å². The molecule has 2 amide bonds. The average Bonchev–Trinajstić information content (AvgIpc) is 2.78. The number of nitrogens with one attached hydrogen (secondary N) is 1. The molecule has 31 heavy (non-hydrogen) atoms. The molecule has 1 heterocycles. The van der Waals surface area contributed by atoms with Gasteiger partial charge in [-0.05, 0) is 35.9 Å². The van der Waals surface area contributed by atoms with E-state index in [4.69, 9.17) is 4.74 Å². The first-order valence-corrected chi connectivity index (χ1v) is 9.91. The number of carbonyl (C=O) groups excluding carboxylic acids is 2. The zero-order valence-electron chi connectivity index (χ0n) is 17.2. The SMILES string of the molecule is COc1ccc(CN2CCN(C(=O)CNC(=O)c3cccc(OC(F)F)c3)CC2)cc1. The molecule has 3 rings (SSSR count). The molecule has 1 saturated heterocycles. The van der Waals surface area contributed by atoms with Crippen LogP contribution >= 0.6 is 0 Å². The van der Waals surface area contributed by atoms with Crippen LogP contribution in [0.15, 0.2) is 48.5 Å². The van der Waals surface area contributed by atoms with E-state index in [1.807, 2.05) is 24.3 Å². The number of ether oxygens (including phenoxy) is 2. The summed E-state index contributed by atoms with van der Waals surface area (Å²) in [5.74, 6) is 0.0000798. The smallest absolute Gasteiger partial charge is 0.387 e. The van der Waals surface area contributed by atoms with Gasteiger partial charge in [0.1, 0.15) is 11.5 Å². The molecule has 9 heteroatoms. The quantitative estimate of drug-likeness (QED) is 0.692. The molecule has 0 unspecified atom stereocenters. The lowest BCUT2D eigenvalue weighted by Gasteiger charge is -2.34.